The molecule has 2 N–H and O–H groups in total. The van der Waals surface area contributed by atoms with Crippen molar-refractivity contribution in [2.24, 2.45) is 5.92 Å². The molecule has 0 unspecified atom stereocenters. The van der Waals surface area contributed by atoms with Gasteiger partial charge in [-0.2, -0.15) is 0 Å². The lowest BCUT2D eigenvalue weighted by Crippen LogP contribution is -2.25. The summed E-state index contributed by atoms with van der Waals surface area (Å²) in [5, 5.41) is 19.8. The maximum absolute atomic E-state index is 10.0. The van der Waals surface area contributed by atoms with Crippen LogP contribution in [0.2, 0.25) is 0 Å². The van der Waals surface area contributed by atoms with E-state index in [1.807, 2.05) is 42.5 Å². The maximum atomic E-state index is 10.0. The Labute approximate surface area is 200 Å². The molecular formula is C29H31NO4. The summed E-state index contributed by atoms with van der Waals surface area (Å²) in [5.74, 6) is 2.68. The van der Waals surface area contributed by atoms with E-state index in [1.54, 1.807) is 24.3 Å². The van der Waals surface area contributed by atoms with Gasteiger partial charge in [0.1, 0.15) is 35.7 Å². The van der Waals surface area contributed by atoms with Gasteiger partial charge in [0.25, 0.3) is 0 Å². The van der Waals surface area contributed by atoms with Crippen LogP contribution in [0, 0.1) is 5.92 Å². The standard InChI is InChI=1S/C29H31NO4/c1-19-13-14-30(18-19)15-16-33-25-10-5-22(6-11-25)29-28(21-3-7-23(31)8-4-21)20(2)26-12-9-24(32)17-27(26)34-29/h3-12,17,19,29,31-32H,13-16,18H2,1-2H3/t19-,29-/m1/s1. The molecule has 2 heterocycles. The first-order valence-corrected chi connectivity index (χ1v) is 11.9. The average Bonchev–Trinajstić information content (AvgIpc) is 3.25. The lowest BCUT2D eigenvalue weighted by atomic mass is 9.86. The molecule has 5 heteroatoms. The Balaban J connectivity index is 1.39. The average molecular weight is 458 g/mol. The summed E-state index contributed by atoms with van der Waals surface area (Å²) in [6, 6.07) is 20.5. The number of likely N-dealkylation sites (tertiary alicyclic amines) is 1. The monoisotopic (exact) mass is 457 g/mol. The molecular weight excluding hydrogens is 426 g/mol. The van der Waals surface area contributed by atoms with Crippen molar-refractivity contribution in [3.8, 4) is 23.0 Å². The van der Waals surface area contributed by atoms with Crippen LogP contribution in [0.1, 0.15) is 43.1 Å². The van der Waals surface area contributed by atoms with Gasteiger partial charge in [-0.3, -0.25) is 4.90 Å². The molecule has 5 nitrogen and oxygen atoms in total. The first-order valence-electron chi connectivity index (χ1n) is 11.9. The number of hydrogen-bond acceptors (Lipinski definition) is 5. The van der Waals surface area contributed by atoms with Crippen LogP contribution in [0.25, 0.3) is 11.1 Å². The highest BCUT2D eigenvalue weighted by Crippen LogP contribution is 2.47. The second-order valence-electron chi connectivity index (χ2n) is 9.38. The number of nitrogens with zero attached hydrogens (tertiary/aromatic N) is 1. The van der Waals surface area contributed by atoms with Crippen LogP contribution in [0.4, 0.5) is 0 Å². The molecule has 2 atom stereocenters. The summed E-state index contributed by atoms with van der Waals surface area (Å²) < 4.78 is 12.4. The van der Waals surface area contributed by atoms with E-state index >= 15 is 0 Å². The van der Waals surface area contributed by atoms with Crippen molar-refractivity contribution in [2.45, 2.75) is 26.4 Å². The Kier molecular flexibility index (Phi) is 6.20. The third-order valence-corrected chi connectivity index (χ3v) is 6.83. The lowest BCUT2D eigenvalue weighted by molar-refractivity contribution is 0.233. The lowest BCUT2D eigenvalue weighted by Gasteiger charge is -2.31. The fraction of sp³-hybridized carbons (Fsp3) is 0.310. The van der Waals surface area contributed by atoms with Crippen LogP contribution in [-0.2, 0) is 0 Å². The molecule has 3 aromatic carbocycles. The van der Waals surface area contributed by atoms with E-state index in [0.29, 0.717) is 12.4 Å². The van der Waals surface area contributed by atoms with Gasteiger partial charge < -0.3 is 19.7 Å². The van der Waals surface area contributed by atoms with Crippen LogP contribution < -0.4 is 9.47 Å². The normalized spacial score (nSPS) is 20.2. The third-order valence-electron chi connectivity index (χ3n) is 6.83. The molecule has 0 amide bonds. The molecule has 1 fully saturated rings. The van der Waals surface area contributed by atoms with Gasteiger partial charge in [-0.1, -0.05) is 31.2 Å². The van der Waals surface area contributed by atoms with Crippen LogP contribution in [0.5, 0.6) is 23.0 Å². The number of ether oxygens (including phenoxy) is 2. The van der Waals surface area contributed by atoms with Gasteiger partial charge in [0, 0.05) is 30.3 Å². The van der Waals surface area contributed by atoms with Crippen molar-refractivity contribution >= 4 is 11.1 Å². The minimum absolute atomic E-state index is 0.175. The van der Waals surface area contributed by atoms with Crippen LogP contribution in [-0.4, -0.2) is 41.4 Å². The van der Waals surface area contributed by atoms with E-state index in [1.165, 1.54) is 6.42 Å². The molecule has 0 radical (unpaired) electrons. The number of phenols is 2. The Hall–Kier alpha value is -3.44. The van der Waals surface area contributed by atoms with Gasteiger partial charge in [0.05, 0.1) is 0 Å². The number of fused-ring (bicyclic) bond motifs is 1. The Morgan fingerprint density at radius 1 is 0.971 bits per heavy atom. The fourth-order valence-electron chi connectivity index (χ4n) is 4.95. The highest BCUT2D eigenvalue weighted by atomic mass is 16.5. The molecule has 0 bridgehead atoms. The van der Waals surface area contributed by atoms with E-state index in [4.69, 9.17) is 9.47 Å². The minimum Gasteiger partial charge on any atom is -0.508 e. The maximum Gasteiger partial charge on any atom is 0.150 e. The molecule has 0 aliphatic carbocycles. The summed E-state index contributed by atoms with van der Waals surface area (Å²) in [6.07, 6.45) is 0.923. The Bertz CT molecular complexity index is 1180. The molecule has 1 saturated heterocycles. The van der Waals surface area contributed by atoms with Gasteiger partial charge in [0.15, 0.2) is 0 Å². The van der Waals surface area contributed by atoms with Gasteiger partial charge in [0.2, 0.25) is 0 Å². The molecule has 176 valence electrons. The molecule has 2 aliphatic rings. The van der Waals surface area contributed by atoms with E-state index < -0.39 is 0 Å². The summed E-state index contributed by atoms with van der Waals surface area (Å²) in [5.41, 5.74) is 5.05. The fourth-order valence-corrected chi connectivity index (χ4v) is 4.95. The van der Waals surface area contributed by atoms with Gasteiger partial charge in [-0.15, -0.1) is 0 Å². The predicted octanol–water partition coefficient (Wildman–Crippen LogP) is 5.88. The quantitative estimate of drug-likeness (QED) is 0.484. The zero-order valence-corrected chi connectivity index (χ0v) is 19.7. The van der Waals surface area contributed by atoms with Crippen LogP contribution >= 0.6 is 0 Å². The van der Waals surface area contributed by atoms with Crippen molar-refractivity contribution in [1.82, 2.24) is 4.90 Å². The summed E-state index contributed by atoms with van der Waals surface area (Å²) in [4.78, 5) is 2.46. The first-order chi connectivity index (χ1) is 16.5. The Morgan fingerprint density at radius 2 is 1.71 bits per heavy atom. The van der Waals surface area contributed by atoms with Crippen molar-refractivity contribution < 1.29 is 19.7 Å². The van der Waals surface area contributed by atoms with Crippen molar-refractivity contribution in [3.63, 3.8) is 0 Å². The molecule has 0 aromatic heterocycles. The second-order valence-corrected chi connectivity index (χ2v) is 9.38. The molecule has 2 aliphatic heterocycles. The Morgan fingerprint density at radius 3 is 2.41 bits per heavy atom. The topological polar surface area (TPSA) is 62.2 Å². The first kappa shape index (κ1) is 22.4. The predicted molar refractivity (Wildman–Crippen MR) is 134 cm³/mol. The number of allylic oxidation sites excluding steroid dienone is 1. The second kappa shape index (κ2) is 9.43. The van der Waals surface area contributed by atoms with Crippen LogP contribution in [0.15, 0.2) is 66.7 Å². The number of hydrogen-bond donors (Lipinski definition) is 2. The van der Waals surface area contributed by atoms with Crippen molar-refractivity contribution in [2.75, 3.05) is 26.2 Å². The largest absolute Gasteiger partial charge is 0.508 e. The summed E-state index contributed by atoms with van der Waals surface area (Å²) >= 11 is 0. The van der Waals surface area contributed by atoms with E-state index in [-0.39, 0.29) is 17.6 Å². The SMILES string of the molecule is CC1=C(c2ccc(O)cc2)[C@@H](c2ccc(OCCN3CC[C@@H](C)C3)cc2)Oc2cc(O)ccc21. The minimum atomic E-state index is -0.348. The van der Waals surface area contributed by atoms with E-state index in [9.17, 15) is 10.2 Å². The van der Waals surface area contributed by atoms with Gasteiger partial charge in [-0.25, -0.2) is 0 Å². The van der Waals surface area contributed by atoms with Gasteiger partial charge >= 0.3 is 0 Å². The molecule has 34 heavy (non-hydrogen) atoms. The highest BCUT2D eigenvalue weighted by molar-refractivity contribution is 5.95. The van der Waals surface area contributed by atoms with E-state index in [2.05, 4.69) is 18.7 Å². The van der Waals surface area contributed by atoms with Gasteiger partial charge in [-0.05, 0) is 78.9 Å². The highest BCUT2D eigenvalue weighted by Gasteiger charge is 2.29. The molecule has 0 saturated carbocycles. The molecule has 0 spiro atoms. The molecule has 3 aromatic rings. The van der Waals surface area contributed by atoms with E-state index in [0.717, 1.165) is 59.1 Å². The van der Waals surface area contributed by atoms with Crippen LogP contribution in [0.3, 0.4) is 0 Å². The third kappa shape index (κ3) is 4.62. The smallest absolute Gasteiger partial charge is 0.150 e. The zero-order valence-electron chi connectivity index (χ0n) is 19.7. The summed E-state index contributed by atoms with van der Waals surface area (Å²) in [6.45, 7) is 8.32. The number of benzene rings is 3. The molecule has 5 rings (SSSR count). The summed E-state index contributed by atoms with van der Waals surface area (Å²) in [7, 11) is 0. The number of rotatable bonds is 6. The van der Waals surface area contributed by atoms with Crippen molar-refractivity contribution in [1.29, 1.82) is 0 Å². The zero-order chi connectivity index (χ0) is 23.7. The van der Waals surface area contributed by atoms with Crippen molar-refractivity contribution in [3.05, 3.63) is 83.4 Å². The number of aromatic hydroxyl groups is 2. The number of phenolic OH excluding ortho intramolecular Hbond substituents is 2.